The summed E-state index contributed by atoms with van der Waals surface area (Å²) in [6.07, 6.45) is 6.16. The zero-order valence-corrected chi connectivity index (χ0v) is 14.1. The standard InChI is InChI=1S/C17H18Cl2OS/c18-13-7-4-6-12(17(13)19)9-14(20)16-10-11-5-2-1-3-8-15(11)21-16/h4,6-7,10,14,20H,1-3,5,8-9H2. The van der Waals surface area contributed by atoms with Gasteiger partial charge in [-0.2, -0.15) is 0 Å². The Balaban J connectivity index is 1.79. The van der Waals surface area contributed by atoms with Gasteiger partial charge in [0.15, 0.2) is 0 Å². The minimum absolute atomic E-state index is 0.502. The average Bonchev–Trinajstić information content (AvgIpc) is 2.75. The Morgan fingerprint density at radius 2 is 1.95 bits per heavy atom. The van der Waals surface area contributed by atoms with Gasteiger partial charge in [0.1, 0.15) is 0 Å². The number of aliphatic hydroxyl groups is 1. The Morgan fingerprint density at radius 1 is 1.14 bits per heavy atom. The molecule has 0 saturated heterocycles. The van der Waals surface area contributed by atoms with Crippen molar-refractivity contribution in [2.24, 2.45) is 0 Å². The van der Waals surface area contributed by atoms with E-state index in [-0.39, 0.29) is 0 Å². The largest absolute Gasteiger partial charge is 0.387 e. The van der Waals surface area contributed by atoms with E-state index in [1.807, 2.05) is 12.1 Å². The molecule has 2 aromatic rings. The summed E-state index contributed by atoms with van der Waals surface area (Å²) in [7, 11) is 0. The van der Waals surface area contributed by atoms with Crippen LogP contribution in [0.5, 0.6) is 0 Å². The lowest BCUT2D eigenvalue weighted by atomic mass is 10.1. The minimum Gasteiger partial charge on any atom is -0.387 e. The Kier molecular flexibility index (Phi) is 4.90. The van der Waals surface area contributed by atoms with Gasteiger partial charge in [0.05, 0.1) is 16.1 Å². The van der Waals surface area contributed by atoms with Crippen molar-refractivity contribution in [2.45, 2.75) is 44.6 Å². The Bertz CT molecular complexity index is 612. The normalized spacial score (nSPS) is 16.3. The van der Waals surface area contributed by atoms with E-state index >= 15 is 0 Å². The van der Waals surface area contributed by atoms with Crippen molar-refractivity contribution in [3.05, 3.63) is 55.2 Å². The van der Waals surface area contributed by atoms with Crippen molar-refractivity contribution in [1.82, 2.24) is 0 Å². The van der Waals surface area contributed by atoms with Crippen molar-refractivity contribution in [3.8, 4) is 0 Å². The van der Waals surface area contributed by atoms with E-state index in [1.165, 1.54) is 29.7 Å². The topological polar surface area (TPSA) is 20.2 Å². The van der Waals surface area contributed by atoms with E-state index in [9.17, 15) is 5.11 Å². The summed E-state index contributed by atoms with van der Waals surface area (Å²) in [5.74, 6) is 0. The molecule has 1 aromatic heterocycles. The fourth-order valence-corrected chi connectivity index (χ4v) is 4.51. The Labute approximate surface area is 139 Å². The molecule has 1 nitrogen and oxygen atoms in total. The van der Waals surface area contributed by atoms with Gasteiger partial charge in [-0.15, -0.1) is 11.3 Å². The van der Waals surface area contributed by atoms with Crippen LogP contribution >= 0.6 is 34.5 Å². The summed E-state index contributed by atoms with van der Waals surface area (Å²) < 4.78 is 0. The van der Waals surface area contributed by atoms with Crippen LogP contribution in [0.15, 0.2) is 24.3 Å². The summed E-state index contributed by atoms with van der Waals surface area (Å²) in [5, 5.41) is 11.6. The molecule has 0 fully saturated rings. The molecule has 1 atom stereocenters. The highest BCUT2D eigenvalue weighted by Crippen LogP contribution is 2.35. The average molecular weight is 341 g/mol. The smallest absolute Gasteiger partial charge is 0.0922 e. The molecule has 1 aliphatic rings. The van der Waals surface area contributed by atoms with Crippen LogP contribution in [0.1, 0.15) is 46.2 Å². The second kappa shape index (κ2) is 6.70. The minimum atomic E-state index is -0.502. The maximum absolute atomic E-state index is 10.5. The number of hydrogen-bond acceptors (Lipinski definition) is 2. The van der Waals surface area contributed by atoms with Crippen molar-refractivity contribution in [3.63, 3.8) is 0 Å². The van der Waals surface area contributed by atoms with Crippen LogP contribution in [-0.2, 0) is 19.3 Å². The van der Waals surface area contributed by atoms with Crippen molar-refractivity contribution < 1.29 is 5.11 Å². The monoisotopic (exact) mass is 340 g/mol. The number of halogens is 2. The zero-order chi connectivity index (χ0) is 14.8. The van der Waals surface area contributed by atoms with E-state index in [1.54, 1.807) is 17.4 Å². The highest BCUT2D eigenvalue weighted by atomic mass is 35.5. The van der Waals surface area contributed by atoms with Crippen LogP contribution in [-0.4, -0.2) is 5.11 Å². The van der Waals surface area contributed by atoms with Crippen molar-refractivity contribution in [1.29, 1.82) is 0 Å². The fraction of sp³-hybridized carbons (Fsp3) is 0.412. The molecule has 3 rings (SSSR count). The zero-order valence-electron chi connectivity index (χ0n) is 11.7. The molecule has 4 heteroatoms. The lowest BCUT2D eigenvalue weighted by molar-refractivity contribution is 0.182. The number of thiophene rings is 1. The fourth-order valence-electron chi connectivity index (χ4n) is 2.87. The molecule has 1 aliphatic carbocycles. The summed E-state index contributed by atoms with van der Waals surface area (Å²) in [6.45, 7) is 0. The van der Waals surface area contributed by atoms with E-state index < -0.39 is 6.10 Å². The second-order valence-electron chi connectivity index (χ2n) is 5.59. The third-order valence-corrected chi connectivity index (χ3v) is 6.24. The first-order valence-electron chi connectivity index (χ1n) is 7.37. The van der Waals surface area contributed by atoms with Crippen molar-refractivity contribution >= 4 is 34.5 Å². The molecular weight excluding hydrogens is 323 g/mol. The van der Waals surface area contributed by atoms with Crippen LogP contribution in [0.2, 0.25) is 10.0 Å². The first-order valence-corrected chi connectivity index (χ1v) is 8.95. The molecule has 0 amide bonds. The Morgan fingerprint density at radius 3 is 2.81 bits per heavy atom. The van der Waals surface area contributed by atoms with E-state index in [0.29, 0.717) is 16.5 Å². The molecule has 0 saturated carbocycles. The molecular formula is C17H18Cl2OS. The maximum Gasteiger partial charge on any atom is 0.0922 e. The summed E-state index contributed by atoms with van der Waals surface area (Å²) >= 11 is 14.0. The van der Waals surface area contributed by atoms with Crippen LogP contribution in [0.3, 0.4) is 0 Å². The van der Waals surface area contributed by atoms with Gasteiger partial charge in [-0.3, -0.25) is 0 Å². The number of aliphatic hydroxyl groups excluding tert-OH is 1. The number of fused-ring (bicyclic) bond motifs is 1. The van der Waals surface area contributed by atoms with Gasteiger partial charge in [-0.1, -0.05) is 41.8 Å². The highest BCUT2D eigenvalue weighted by Gasteiger charge is 2.18. The summed E-state index contributed by atoms with van der Waals surface area (Å²) in [5.41, 5.74) is 2.34. The van der Waals surface area contributed by atoms with Crippen molar-refractivity contribution in [2.75, 3.05) is 0 Å². The number of benzene rings is 1. The van der Waals surface area contributed by atoms with Gasteiger partial charge < -0.3 is 5.11 Å². The predicted octanol–water partition coefficient (Wildman–Crippen LogP) is 5.60. The second-order valence-corrected chi connectivity index (χ2v) is 7.54. The van der Waals surface area contributed by atoms with E-state index in [0.717, 1.165) is 23.3 Å². The Hall–Kier alpha value is -0.540. The van der Waals surface area contributed by atoms with E-state index in [2.05, 4.69) is 6.07 Å². The number of hydrogen-bond donors (Lipinski definition) is 1. The number of rotatable bonds is 3. The molecule has 112 valence electrons. The first-order chi connectivity index (χ1) is 10.1. The van der Waals surface area contributed by atoms with Gasteiger partial charge in [0, 0.05) is 16.2 Å². The lowest BCUT2D eigenvalue weighted by Crippen LogP contribution is -2.00. The number of aryl methyl sites for hydroxylation is 2. The molecule has 1 heterocycles. The molecule has 1 aromatic carbocycles. The summed E-state index contributed by atoms with van der Waals surface area (Å²) in [4.78, 5) is 2.51. The molecule has 0 radical (unpaired) electrons. The molecule has 0 spiro atoms. The molecule has 0 bridgehead atoms. The van der Waals surface area contributed by atoms with Crippen LogP contribution in [0, 0.1) is 0 Å². The predicted molar refractivity (Wildman–Crippen MR) is 90.7 cm³/mol. The quantitative estimate of drug-likeness (QED) is 0.721. The molecule has 1 N–H and O–H groups in total. The van der Waals surface area contributed by atoms with Gasteiger partial charge in [0.25, 0.3) is 0 Å². The molecule has 1 unspecified atom stereocenters. The third kappa shape index (κ3) is 3.45. The van der Waals surface area contributed by atoms with Gasteiger partial charge in [0.2, 0.25) is 0 Å². The summed E-state index contributed by atoms with van der Waals surface area (Å²) in [6, 6.07) is 7.76. The lowest BCUT2D eigenvalue weighted by Gasteiger charge is -2.11. The van der Waals surface area contributed by atoms with Gasteiger partial charge in [-0.25, -0.2) is 0 Å². The third-order valence-electron chi connectivity index (χ3n) is 4.04. The molecule has 0 aliphatic heterocycles. The maximum atomic E-state index is 10.5. The van der Waals surface area contributed by atoms with Gasteiger partial charge in [-0.05, 0) is 48.9 Å². The van der Waals surface area contributed by atoms with Crippen LogP contribution in [0.25, 0.3) is 0 Å². The molecule has 21 heavy (non-hydrogen) atoms. The van der Waals surface area contributed by atoms with Crippen LogP contribution in [0.4, 0.5) is 0 Å². The highest BCUT2D eigenvalue weighted by molar-refractivity contribution is 7.12. The van der Waals surface area contributed by atoms with Crippen LogP contribution < -0.4 is 0 Å². The van der Waals surface area contributed by atoms with Gasteiger partial charge >= 0.3 is 0 Å². The first kappa shape index (κ1) is 15.4. The van der Waals surface area contributed by atoms with E-state index in [4.69, 9.17) is 23.2 Å². The SMILES string of the molecule is OC(Cc1cccc(Cl)c1Cl)c1cc2c(s1)CCCCC2.